The molecule has 0 heterocycles. The summed E-state index contributed by atoms with van der Waals surface area (Å²) >= 11 is 6.71. The van der Waals surface area contributed by atoms with Crippen LogP contribution < -0.4 is 0 Å². The topological polar surface area (TPSA) is 0 Å². The van der Waals surface area contributed by atoms with Crippen LogP contribution in [0.25, 0.3) is 0 Å². The largest absolute Gasteiger partial charge is 0.113 e. The molecule has 0 amide bonds. The zero-order chi connectivity index (χ0) is 14.9. The van der Waals surface area contributed by atoms with Gasteiger partial charge in [0.2, 0.25) is 0 Å². The second kappa shape index (κ2) is 5.61. The predicted octanol–water partition coefficient (Wildman–Crippen LogP) is 5.93. The zero-order valence-corrected chi connectivity index (χ0v) is 13.8. The van der Waals surface area contributed by atoms with E-state index in [0.717, 1.165) is 5.56 Å². The average molecular weight is 287 g/mol. The van der Waals surface area contributed by atoms with Gasteiger partial charge in [-0.3, -0.25) is 0 Å². The van der Waals surface area contributed by atoms with Crippen molar-refractivity contribution in [3.63, 3.8) is 0 Å². The van der Waals surface area contributed by atoms with E-state index in [9.17, 15) is 0 Å². The molecule has 0 fully saturated rings. The Labute approximate surface area is 127 Å². The first-order chi connectivity index (χ1) is 9.30. The smallest absolute Gasteiger partial charge is 0.0840 e. The zero-order valence-electron chi connectivity index (χ0n) is 13.0. The summed E-state index contributed by atoms with van der Waals surface area (Å²) in [5, 5.41) is -0.0785. The Kier molecular flexibility index (Phi) is 4.25. The molecule has 20 heavy (non-hydrogen) atoms. The summed E-state index contributed by atoms with van der Waals surface area (Å²) in [4.78, 5) is 0. The number of halogens is 1. The van der Waals surface area contributed by atoms with E-state index in [4.69, 9.17) is 11.6 Å². The first kappa shape index (κ1) is 15.1. The number of alkyl halides is 1. The van der Waals surface area contributed by atoms with Crippen LogP contribution in [0.4, 0.5) is 0 Å². The summed E-state index contributed by atoms with van der Waals surface area (Å²) in [6.45, 7) is 10.9. The van der Waals surface area contributed by atoms with Gasteiger partial charge in [0.05, 0.1) is 5.38 Å². The van der Waals surface area contributed by atoms with Crippen molar-refractivity contribution in [2.45, 2.75) is 45.4 Å². The standard InChI is InChI=1S/C19H23Cl/c1-13-7-6-8-14(2)17(13)18(20)15-9-11-16(12-10-15)19(3,4)5/h6-12,18H,1-5H3. The Hall–Kier alpha value is -1.27. The van der Waals surface area contributed by atoms with Crippen molar-refractivity contribution < 1.29 is 0 Å². The van der Waals surface area contributed by atoms with Crippen molar-refractivity contribution in [3.8, 4) is 0 Å². The van der Waals surface area contributed by atoms with Gasteiger partial charge in [0.1, 0.15) is 0 Å². The van der Waals surface area contributed by atoms with Crippen LogP contribution in [0, 0.1) is 13.8 Å². The number of benzene rings is 2. The Morgan fingerprint density at radius 2 is 1.35 bits per heavy atom. The third-order valence-electron chi connectivity index (χ3n) is 3.86. The van der Waals surface area contributed by atoms with E-state index in [1.54, 1.807) is 0 Å². The van der Waals surface area contributed by atoms with Crippen molar-refractivity contribution in [3.05, 3.63) is 70.3 Å². The first-order valence-electron chi connectivity index (χ1n) is 7.11. The molecule has 1 unspecified atom stereocenters. The van der Waals surface area contributed by atoms with Crippen LogP contribution in [-0.2, 0) is 5.41 Å². The van der Waals surface area contributed by atoms with E-state index in [2.05, 4.69) is 77.1 Å². The minimum Gasteiger partial charge on any atom is -0.113 e. The number of hydrogen-bond acceptors (Lipinski definition) is 0. The van der Waals surface area contributed by atoms with Gasteiger partial charge in [-0.25, -0.2) is 0 Å². The molecule has 0 saturated heterocycles. The predicted molar refractivity (Wildman–Crippen MR) is 88.8 cm³/mol. The van der Waals surface area contributed by atoms with Crippen LogP contribution >= 0.6 is 11.6 Å². The minimum absolute atomic E-state index is 0.0785. The fourth-order valence-corrected chi connectivity index (χ4v) is 3.04. The van der Waals surface area contributed by atoms with Crippen LogP contribution in [-0.4, -0.2) is 0 Å². The molecular weight excluding hydrogens is 264 g/mol. The van der Waals surface area contributed by atoms with Crippen LogP contribution in [0.15, 0.2) is 42.5 Å². The maximum atomic E-state index is 6.71. The molecule has 1 atom stereocenters. The van der Waals surface area contributed by atoms with Gasteiger partial charge in [0.25, 0.3) is 0 Å². The molecule has 2 rings (SSSR count). The van der Waals surface area contributed by atoms with E-state index in [-0.39, 0.29) is 10.8 Å². The molecule has 0 aromatic heterocycles. The Bertz CT molecular complexity index is 568. The molecule has 0 N–H and O–H groups in total. The number of aryl methyl sites for hydroxylation is 2. The fraction of sp³-hybridized carbons (Fsp3) is 0.368. The number of hydrogen-bond donors (Lipinski definition) is 0. The molecule has 106 valence electrons. The average Bonchev–Trinajstić information content (AvgIpc) is 2.37. The molecule has 0 aliphatic rings. The molecule has 0 nitrogen and oxygen atoms in total. The van der Waals surface area contributed by atoms with Crippen LogP contribution in [0.5, 0.6) is 0 Å². The molecule has 0 spiro atoms. The third kappa shape index (κ3) is 3.07. The Balaban J connectivity index is 2.37. The second-order valence-corrected chi connectivity index (χ2v) is 6.98. The highest BCUT2D eigenvalue weighted by Crippen LogP contribution is 2.34. The lowest BCUT2D eigenvalue weighted by molar-refractivity contribution is 0.590. The minimum atomic E-state index is -0.0785. The molecule has 1 heteroatoms. The SMILES string of the molecule is Cc1cccc(C)c1C(Cl)c1ccc(C(C)(C)C)cc1. The first-order valence-corrected chi connectivity index (χ1v) is 7.55. The molecular formula is C19H23Cl. The summed E-state index contributed by atoms with van der Waals surface area (Å²) in [6, 6.07) is 15.0. The van der Waals surface area contributed by atoms with Crippen molar-refractivity contribution in [1.82, 2.24) is 0 Å². The van der Waals surface area contributed by atoms with Crippen LogP contribution in [0.2, 0.25) is 0 Å². The van der Waals surface area contributed by atoms with Gasteiger partial charge in [0.15, 0.2) is 0 Å². The summed E-state index contributed by atoms with van der Waals surface area (Å²) in [5.41, 5.74) is 6.43. The summed E-state index contributed by atoms with van der Waals surface area (Å²) < 4.78 is 0. The third-order valence-corrected chi connectivity index (χ3v) is 4.34. The van der Waals surface area contributed by atoms with E-state index < -0.39 is 0 Å². The Morgan fingerprint density at radius 1 is 0.850 bits per heavy atom. The van der Waals surface area contributed by atoms with E-state index in [1.165, 1.54) is 22.3 Å². The van der Waals surface area contributed by atoms with Crippen molar-refractivity contribution in [1.29, 1.82) is 0 Å². The lowest BCUT2D eigenvalue weighted by Crippen LogP contribution is -2.11. The monoisotopic (exact) mass is 286 g/mol. The van der Waals surface area contributed by atoms with Crippen LogP contribution in [0.1, 0.15) is 54.0 Å². The molecule has 0 radical (unpaired) electrons. The van der Waals surface area contributed by atoms with E-state index in [1.807, 2.05) is 0 Å². The molecule has 0 aliphatic heterocycles. The Morgan fingerprint density at radius 3 is 1.80 bits per heavy atom. The summed E-state index contributed by atoms with van der Waals surface area (Å²) in [7, 11) is 0. The van der Waals surface area contributed by atoms with Gasteiger partial charge < -0.3 is 0 Å². The van der Waals surface area contributed by atoms with Gasteiger partial charge in [0, 0.05) is 0 Å². The van der Waals surface area contributed by atoms with Gasteiger partial charge >= 0.3 is 0 Å². The maximum absolute atomic E-state index is 6.71. The summed E-state index contributed by atoms with van der Waals surface area (Å²) in [5.74, 6) is 0. The highest BCUT2D eigenvalue weighted by molar-refractivity contribution is 6.22. The van der Waals surface area contributed by atoms with E-state index >= 15 is 0 Å². The molecule has 0 saturated carbocycles. The second-order valence-electron chi connectivity index (χ2n) is 6.54. The lowest BCUT2D eigenvalue weighted by atomic mass is 9.86. The van der Waals surface area contributed by atoms with Crippen molar-refractivity contribution in [2.75, 3.05) is 0 Å². The van der Waals surface area contributed by atoms with Crippen LogP contribution in [0.3, 0.4) is 0 Å². The van der Waals surface area contributed by atoms with E-state index in [0.29, 0.717) is 0 Å². The highest BCUT2D eigenvalue weighted by atomic mass is 35.5. The fourth-order valence-electron chi connectivity index (χ4n) is 2.55. The lowest BCUT2D eigenvalue weighted by Gasteiger charge is -2.21. The van der Waals surface area contributed by atoms with Gasteiger partial charge in [-0.15, -0.1) is 11.6 Å². The quantitative estimate of drug-likeness (QED) is 0.600. The molecule has 2 aromatic carbocycles. The number of rotatable bonds is 2. The molecule has 0 bridgehead atoms. The normalized spacial score (nSPS) is 13.3. The van der Waals surface area contributed by atoms with Gasteiger partial charge in [-0.05, 0) is 47.1 Å². The highest BCUT2D eigenvalue weighted by Gasteiger charge is 2.17. The van der Waals surface area contributed by atoms with Gasteiger partial charge in [-0.2, -0.15) is 0 Å². The van der Waals surface area contributed by atoms with Crippen molar-refractivity contribution >= 4 is 11.6 Å². The van der Waals surface area contributed by atoms with Crippen molar-refractivity contribution in [2.24, 2.45) is 0 Å². The summed E-state index contributed by atoms with van der Waals surface area (Å²) in [6.07, 6.45) is 0. The molecule has 2 aromatic rings. The maximum Gasteiger partial charge on any atom is 0.0840 e. The van der Waals surface area contributed by atoms with Gasteiger partial charge in [-0.1, -0.05) is 63.2 Å². The molecule has 0 aliphatic carbocycles.